The predicted octanol–water partition coefficient (Wildman–Crippen LogP) is 4.73. The fourth-order valence-corrected chi connectivity index (χ4v) is 2.98. The second-order valence-electron chi connectivity index (χ2n) is 7.84. The molecule has 23 heavy (non-hydrogen) atoms. The molecule has 0 bridgehead atoms. The Balaban J connectivity index is 2.00. The molecule has 1 saturated heterocycles. The molecule has 1 amide bonds. The number of rotatable bonds is 10. The molecule has 4 heteroatoms. The van der Waals surface area contributed by atoms with Crippen molar-refractivity contribution in [1.82, 2.24) is 10.2 Å². The lowest BCUT2D eigenvalue weighted by Gasteiger charge is -2.24. The van der Waals surface area contributed by atoms with Crippen molar-refractivity contribution in [2.24, 2.45) is 0 Å². The molecule has 0 aromatic rings. The van der Waals surface area contributed by atoms with Gasteiger partial charge in [0, 0.05) is 19.1 Å². The molecule has 0 aromatic carbocycles. The van der Waals surface area contributed by atoms with E-state index >= 15 is 0 Å². The molecule has 0 aliphatic carbocycles. The monoisotopic (exact) mass is 326 g/mol. The van der Waals surface area contributed by atoms with E-state index in [0.717, 1.165) is 26.1 Å². The van der Waals surface area contributed by atoms with Crippen LogP contribution in [0.4, 0.5) is 4.79 Å². The van der Waals surface area contributed by atoms with Gasteiger partial charge < -0.3 is 15.0 Å². The summed E-state index contributed by atoms with van der Waals surface area (Å²) >= 11 is 0. The van der Waals surface area contributed by atoms with Crippen LogP contribution in [0.5, 0.6) is 0 Å². The van der Waals surface area contributed by atoms with E-state index in [1.54, 1.807) is 0 Å². The highest BCUT2D eigenvalue weighted by Gasteiger charge is 2.29. The minimum atomic E-state index is -0.403. The first-order valence-corrected chi connectivity index (χ1v) is 9.63. The van der Waals surface area contributed by atoms with Crippen molar-refractivity contribution in [3.05, 3.63) is 0 Å². The lowest BCUT2D eigenvalue weighted by atomic mass is 10.1. The maximum absolute atomic E-state index is 12.0. The molecular weight excluding hydrogens is 288 g/mol. The summed E-state index contributed by atoms with van der Waals surface area (Å²) in [5, 5.41) is 3.59. The minimum Gasteiger partial charge on any atom is -0.444 e. The molecule has 0 aromatic heterocycles. The summed E-state index contributed by atoms with van der Waals surface area (Å²) in [5.74, 6) is 0. The van der Waals surface area contributed by atoms with Crippen molar-refractivity contribution in [2.45, 2.75) is 97.1 Å². The number of carbonyl (C=O) groups is 1. The molecule has 136 valence electrons. The average molecular weight is 327 g/mol. The van der Waals surface area contributed by atoms with Crippen LogP contribution in [-0.2, 0) is 4.74 Å². The van der Waals surface area contributed by atoms with Gasteiger partial charge in [-0.3, -0.25) is 0 Å². The second kappa shape index (κ2) is 10.9. The minimum absolute atomic E-state index is 0.172. The van der Waals surface area contributed by atoms with E-state index in [4.69, 9.17) is 4.74 Å². The van der Waals surface area contributed by atoms with Gasteiger partial charge in [-0.15, -0.1) is 0 Å². The van der Waals surface area contributed by atoms with Gasteiger partial charge in [-0.1, -0.05) is 51.9 Å². The maximum Gasteiger partial charge on any atom is 0.410 e. The van der Waals surface area contributed by atoms with Crippen LogP contribution in [0.1, 0.15) is 85.5 Å². The van der Waals surface area contributed by atoms with Gasteiger partial charge in [-0.25, -0.2) is 4.79 Å². The Labute approximate surface area is 143 Å². The van der Waals surface area contributed by atoms with Crippen molar-refractivity contribution in [3.63, 3.8) is 0 Å². The zero-order chi connectivity index (χ0) is 17.1. The van der Waals surface area contributed by atoms with Crippen LogP contribution in [0.3, 0.4) is 0 Å². The molecule has 0 saturated carbocycles. The van der Waals surface area contributed by atoms with Crippen molar-refractivity contribution in [3.8, 4) is 0 Å². The van der Waals surface area contributed by atoms with E-state index in [1.165, 1.54) is 51.4 Å². The topological polar surface area (TPSA) is 41.6 Å². The number of hydrogen-bond acceptors (Lipinski definition) is 3. The van der Waals surface area contributed by atoms with Crippen molar-refractivity contribution < 1.29 is 9.53 Å². The quantitative estimate of drug-likeness (QED) is 0.590. The summed E-state index contributed by atoms with van der Waals surface area (Å²) in [7, 11) is 0. The first-order valence-electron chi connectivity index (χ1n) is 9.63. The zero-order valence-corrected chi connectivity index (χ0v) is 15.8. The summed E-state index contributed by atoms with van der Waals surface area (Å²) in [6, 6.07) is 0.437. The molecule has 0 radical (unpaired) electrons. The molecule has 1 aliphatic heterocycles. The van der Waals surface area contributed by atoms with Crippen molar-refractivity contribution in [2.75, 3.05) is 19.6 Å². The van der Waals surface area contributed by atoms with Crippen LogP contribution < -0.4 is 5.32 Å². The Morgan fingerprint density at radius 3 is 2.30 bits per heavy atom. The summed E-state index contributed by atoms with van der Waals surface area (Å²) in [5.41, 5.74) is -0.403. The molecule has 4 nitrogen and oxygen atoms in total. The Hall–Kier alpha value is -0.770. The maximum atomic E-state index is 12.0. The Bertz CT molecular complexity index is 326. The van der Waals surface area contributed by atoms with Gasteiger partial charge in [0.2, 0.25) is 0 Å². The first-order chi connectivity index (χ1) is 10.9. The van der Waals surface area contributed by atoms with Crippen LogP contribution in [0.2, 0.25) is 0 Å². The molecule has 0 spiro atoms. The van der Waals surface area contributed by atoms with E-state index in [2.05, 4.69) is 12.2 Å². The van der Waals surface area contributed by atoms with Crippen LogP contribution in [-0.4, -0.2) is 42.3 Å². The highest BCUT2D eigenvalue weighted by molar-refractivity contribution is 5.68. The third-order valence-corrected chi connectivity index (χ3v) is 4.30. The number of nitrogens with zero attached hydrogens (tertiary/aromatic N) is 1. The number of hydrogen-bond donors (Lipinski definition) is 1. The summed E-state index contributed by atoms with van der Waals surface area (Å²) in [6.45, 7) is 10.7. The number of carbonyl (C=O) groups excluding carboxylic acids is 1. The number of amides is 1. The van der Waals surface area contributed by atoms with Gasteiger partial charge >= 0.3 is 6.09 Å². The molecule has 1 fully saturated rings. The van der Waals surface area contributed by atoms with Gasteiger partial charge in [0.15, 0.2) is 0 Å². The third kappa shape index (κ3) is 9.85. The second-order valence-corrected chi connectivity index (χ2v) is 7.84. The molecule has 1 rings (SSSR count). The Morgan fingerprint density at radius 1 is 1.09 bits per heavy atom. The summed E-state index contributed by atoms with van der Waals surface area (Å²) in [4.78, 5) is 13.8. The lowest BCUT2D eigenvalue weighted by molar-refractivity contribution is 0.0291. The molecule has 1 aliphatic rings. The van der Waals surface area contributed by atoms with Gasteiger partial charge in [-0.2, -0.15) is 0 Å². The van der Waals surface area contributed by atoms with Crippen LogP contribution in [0.25, 0.3) is 0 Å². The highest BCUT2D eigenvalue weighted by Crippen LogP contribution is 2.15. The molecule has 1 N–H and O–H groups in total. The van der Waals surface area contributed by atoms with Gasteiger partial charge in [0.25, 0.3) is 0 Å². The highest BCUT2D eigenvalue weighted by atomic mass is 16.6. The molecule has 1 heterocycles. The smallest absolute Gasteiger partial charge is 0.410 e. The SMILES string of the molecule is CCCCCCCCCCNC1CCN(C(=O)OC(C)(C)C)C1. The van der Waals surface area contributed by atoms with E-state index in [1.807, 2.05) is 25.7 Å². The average Bonchev–Trinajstić information content (AvgIpc) is 2.93. The first kappa shape index (κ1) is 20.3. The van der Waals surface area contributed by atoms with E-state index in [0.29, 0.717) is 6.04 Å². The summed E-state index contributed by atoms with van der Waals surface area (Å²) < 4.78 is 5.43. The Kier molecular flexibility index (Phi) is 9.61. The van der Waals surface area contributed by atoms with E-state index < -0.39 is 5.60 Å². The predicted molar refractivity (Wildman–Crippen MR) is 96.8 cm³/mol. The fourth-order valence-electron chi connectivity index (χ4n) is 2.98. The number of ether oxygens (including phenoxy) is 1. The normalized spacial score (nSPS) is 18.4. The van der Waals surface area contributed by atoms with Crippen LogP contribution in [0, 0.1) is 0 Å². The zero-order valence-electron chi connectivity index (χ0n) is 15.8. The Morgan fingerprint density at radius 2 is 1.70 bits per heavy atom. The number of unbranched alkanes of at least 4 members (excludes halogenated alkanes) is 7. The van der Waals surface area contributed by atoms with Crippen molar-refractivity contribution in [1.29, 1.82) is 0 Å². The molecule has 1 unspecified atom stereocenters. The van der Waals surface area contributed by atoms with E-state index in [-0.39, 0.29) is 6.09 Å². The van der Waals surface area contributed by atoms with Crippen LogP contribution >= 0.6 is 0 Å². The number of nitrogens with one attached hydrogen (secondary N) is 1. The number of likely N-dealkylation sites (tertiary alicyclic amines) is 1. The standard InChI is InChI=1S/C19H38N2O2/c1-5-6-7-8-9-10-11-12-14-20-17-13-15-21(16-17)18(22)23-19(2,3)4/h17,20H,5-16H2,1-4H3. The van der Waals surface area contributed by atoms with E-state index in [9.17, 15) is 4.79 Å². The fraction of sp³-hybridized carbons (Fsp3) is 0.947. The molecular formula is C19H38N2O2. The van der Waals surface area contributed by atoms with Gasteiger partial charge in [-0.05, 0) is 40.2 Å². The van der Waals surface area contributed by atoms with Crippen molar-refractivity contribution >= 4 is 6.09 Å². The van der Waals surface area contributed by atoms with Gasteiger partial charge in [0.1, 0.15) is 5.60 Å². The third-order valence-electron chi connectivity index (χ3n) is 4.30. The lowest BCUT2D eigenvalue weighted by Crippen LogP contribution is -2.38. The molecule has 1 atom stereocenters. The van der Waals surface area contributed by atoms with Gasteiger partial charge in [0.05, 0.1) is 0 Å². The summed E-state index contributed by atoms with van der Waals surface area (Å²) in [6.07, 6.45) is 11.7. The van der Waals surface area contributed by atoms with Crippen LogP contribution in [0.15, 0.2) is 0 Å². The largest absolute Gasteiger partial charge is 0.444 e.